The molecule has 4 nitrogen and oxygen atoms in total. The molecule has 0 bridgehead atoms. The van der Waals surface area contributed by atoms with Gasteiger partial charge in [-0.25, -0.2) is 0 Å². The predicted octanol–water partition coefficient (Wildman–Crippen LogP) is 1.89. The van der Waals surface area contributed by atoms with Crippen LogP contribution in [-0.2, 0) is 13.5 Å². The van der Waals surface area contributed by atoms with Gasteiger partial charge in [-0.1, -0.05) is 0 Å². The first-order chi connectivity index (χ1) is 8.65. The first-order valence-corrected chi connectivity index (χ1v) is 5.96. The summed E-state index contributed by atoms with van der Waals surface area (Å²) in [6.07, 6.45) is 2.64. The Labute approximate surface area is 105 Å². The minimum Gasteiger partial charge on any atom is -0.493 e. The Morgan fingerprint density at radius 3 is 3.00 bits per heavy atom. The van der Waals surface area contributed by atoms with Crippen LogP contribution in [0, 0.1) is 6.92 Å². The van der Waals surface area contributed by atoms with Gasteiger partial charge in [0.15, 0.2) is 5.78 Å². The number of ketones is 1. The molecule has 0 unspecified atom stereocenters. The van der Waals surface area contributed by atoms with E-state index in [0.29, 0.717) is 17.7 Å². The first kappa shape index (κ1) is 11.0. The highest BCUT2D eigenvalue weighted by Crippen LogP contribution is 2.27. The molecule has 3 rings (SSSR count). The van der Waals surface area contributed by atoms with Crippen molar-refractivity contribution in [2.24, 2.45) is 7.05 Å². The third-order valence-electron chi connectivity index (χ3n) is 3.21. The lowest BCUT2D eigenvalue weighted by molar-refractivity contribution is 0.103. The van der Waals surface area contributed by atoms with E-state index >= 15 is 0 Å². The third kappa shape index (κ3) is 1.70. The predicted molar refractivity (Wildman–Crippen MR) is 67.0 cm³/mol. The van der Waals surface area contributed by atoms with Crippen molar-refractivity contribution in [1.82, 2.24) is 9.78 Å². The van der Waals surface area contributed by atoms with Crippen molar-refractivity contribution < 1.29 is 9.53 Å². The number of ether oxygens (including phenoxy) is 1. The number of carbonyl (C=O) groups is 1. The fourth-order valence-electron chi connectivity index (χ4n) is 2.31. The number of aryl methyl sites for hydroxylation is 2. The normalized spacial score (nSPS) is 13.2. The Kier molecular flexibility index (Phi) is 2.44. The van der Waals surface area contributed by atoms with Crippen LogP contribution in [0.4, 0.5) is 0 Å². The summed E-state index contributed by atoms with van der Waals surface area (Å²) in [7, 11) is 1.82. The van der Waals surface area contributed by atoms with Crippen molar-refractivity contribution >= 4 is 5.78 Å². The maximum Gasteiger partial charge on any atom is 0.196 e. The number of carbonyl (C=O) groups excluding carboxylic acids is 1. The number of hydrogen-bond acceptors (Lipinski definition) is 3. The maximum atomic E-state index is 12.4. The smallest absolute Gasteiger partial charge is 0.196 e. The van der Waals surface area contributed by atoms with Crippen LogP contribution in [0.5, 0.6) is 5.75 Å². The van der Waals surface area contributed by atoms with Crippen LogP contribution in [0.15, 0.2) is 24.4 Å². The van der Waals surface area contributed by atoms with E-state index < -0.39 is 0 Å². The number of benzene rings is 1. The summed E-state index contributed by atoms with van der Waals surface area (Å²) in [5, 5.41) is 4.20. The van der Waals surface area contributed by atoms with Crippen molar-refractivity contribution in [3.8, 4) is 5.75 Å². The number of nitrogens with zero attached hydrogens (tertiary/aromatic N) is 2. The molecule has 1 aliphatic heterocycles. The molecule has 0 fully saturated rings. The zero-order valence-corrected chi connectivity index (χ0v) is 10.4. The SMILES string of the molecule is Cc1nn(C)cc1C(=O)c1ccc2c(c1)CCO2. The molecular weight excluding hydrogens is 228 g/mol. The summed E-state index contributed by atoms with van der Waals surface area (Å²) in [6, 6.07) is 5.62. The maximum absolute atomic E-state index is 12.4. The van der Waals surface area contributed by atoms with E-state index in [-0.39, 0.29) is 5.78 Å². The molecule has 0 aliphatic carbocycles. The van der Waals surface area contributed by atoms with E-state index in [1.165, 1.54) is 0 Å². The molecule has 2 heterocycles. The molecule has 18 heavy (non-hydrogen) atoms. The van der Waals surface area contributed by atoms with E-state index in [9.17, 15) is 4.79 Å². The number of aromatic nitrogens is 2. The van der Waals surface area contributed by atoms with E-state index in [0.717, 1.165) is 23.4 Å². The highest BCUT2D eigenvalue weighted by Gasteiger charge is 2.18. The third-order valence-corrected chi connectivity index (χ3v) is 3.21. The van der Waals surface area contributed by atoms with Crippen LogP contribution in [-0.4, -0.2) is 22.2 Å². The quantitative estimate of drug-likeness (QED) is 0.755. The number of rotatable bonds is 2. The van der Waals surface area contributed by atoms with E-state index in [1.54, 1.807) is 10.9 Å². The molecule has 0 atom stereocenters. The van der Waals surface area contributed by atoms with Crippen molar-refractivity contribution in [2.45, 2.75) is 13.3 Å². The van der Waals surface area contributed by atoms with Crippen LogP contribution in [0.3, 0.4) is 0 Å². The van der Waals surface area contributed by atoms with Crippen LogP contribution < -0.4 is 4.74 Å². The molecule has 0 amide bonds. The van der Waals surface area contributed by atoms with Gasteiger partial charge in [-0.05, 0) is 30.7 Å². The standard InChI is InChI=1S/C14H14N2O2/c1-9-12(8-16(2)15-9)14(17)11-3-4-13-10(7-11)5-6-18-13/h3-4,7-8H,5-6H2,1-2H3. The van der Waals surface area contributed by atoms with Crippen molar-refractivity contribution in [3.63, 3.8) is 0 Å². The summed E-state index contributed by atoms with van der Waals surface area (Å²) in [5.41, 5.74) is 3.24. The highest BCUT2D eigenvalue weighted by atomic mass is 16.5. The number of fused-ring (bicyclic) bond motifs is 1. The zero-order valence-electron chi connectivity index (χ0n) is 10.4. The van der Waals surface area contributed by atoms with Crippen molar-refractivity contribution in [3.05, 3.63) is 46.8 Å². The molecule has 0 radical (unpaired) electrons. The monoisotopic (exact) mass is 242 g/mol. The Morgan fingerprint density at radius 2 is 2.28 bits per heavy atom. The van der Waals surface area contributed by atoms with Crippen LogP contribution >= 0.6 is 0 Å². The summed E-state index contributed by atoms with van der Waals surface area (Å²) in [6.45, 7) is 2.56. The van der Waals surface area contributed by atoms with Crippen LogP contribution in [0.25, 0.3) is 0 Å². The van der Waals surface area contributed by atoms with Crippen molar-refractivity contribution in [1.29, 1.82) is 0 Å². The van der Waals surface area contributed by atoms with Gasteiger partial charge in [-0.3, -0.25) is 9.48 Å². The molecule has 1 aromatic carbocycles. The summed E-state index contributed by atoms with van der Waals surface area (Å²) < 4.78 is 7.10. The van der Waals surface area contributed by atoms with Crippen molar-refractivity contribution in [2.75, 3.05) is 6.61 Å². The second kappa shape index (κ2) is 3.98. The average molecular weight is 242 g/mol. The lowest BCUT2D eigenvalue weighted by atomic mass is 10.0. The molecule has 1 aliphatic rings. The fraction of sp³-hybridized carbons (Fsp3) is 0.286. The van der Waals surface area contributed by atoms with Gasteiger partial charge >= 0.3 is 0 Å². The summed E-state index contributed by atoms with van der Waals surface area (Å²) in [4.78, 5) is 12.4. The molecule has 0 N–H and O–H groups in total. The Bertz CT molecular complexity index is 629. The Balaban J connectivity index is 2.00. The molecule has 0 spiro atoms. The Hall–Kier alpha value is -2.10. The van der Waals surface area contributed by atoms with Gasteiger partial charge in [-0.2, -0.15) is 5.10 Å². The lowest BCUT2D eigenvalue weighted by Crippen LogP contribution is -2.02. The van der Waals surface area contributed by atoms with Gasteiger partial charge in [-0.15, -0.1) is 0 Å². The summed E-state index contributed by atoms with van der Waals surface area (Å²) in [5.74, 6) is 0.921. The van der Waals surface area contributed by atoms with Gasteiger partial charge < -0.3 is 4.74 Å². The van der Waals surface area contributed by atoms with Gasteiger partial charge in [0.2, 0.25) is 0 Å². The number of hydrogen-bond donors (Lipinski definition) is 0. The minimum absolute atomic E-state index is 0.0234. The Morgan fingerprint density at radius 1 is 1.44 bits per heavy atom. The molecule has 0 saturated carbocycles. The minimum atomic E-state index is 0.0234. The summed E-state index contributed by atoms with van der Waals surface area (Å²) >= 11 is 0. The topological polar surface area (TPSA) is 44.1 Å². The fourth-order valence-corrected chi connectivity index (χ4v) is 2.31. The molecule has 92 valence electrons. The molecule has 4 heteroatoms. The van der Waals surface area contributed by atoms with Gasteiger partial charge in [0.05, 0.1) is 17.9 Å². The lowest BCUT2D eigenvalue weighted by Gasteiger charge is -2.02. The molecular formula is C14H14N2O2. The van der Waals surface area contributed by atoms with Gasteiger partial charge in [0.1, 0.15) is 5.75 Å². The van der Waals surface area contributed by atoms with E-state index in [1.807, 2.05) is 32.2 Å². The van der Waals surface area contributed by atoms with E-state index in [2.05, 4.69) is 5.10 Å². The molecule has 1 aromatic heterocycles. The van der Waals surface area contributed by atoms with Crippen LogP contribution in [0.1, 0.15) is 27.2 Å². The zero-order chi connectivity index (χ0) is 12.7. The first-order valence-electron chi connectivity index (χ1n) is 5.96. The van der Waals surface area contributed by atoms with Crippen LogP contribution in [0.2, 0.25) is 0 Å². The average Bonchev–Trinajstić information content (AvgIpc) is 2.93. The second-order valence-electron chi connectivity index (χ2n) is 4.55. The largest absolute Gasteiger partial charge is 0.493 e. The van der Waals surface area contributed by atoms with E-state index in [4.69, 9.17) is 4.74 Å². The highest BCUT2D eigenvalue weighted by molar-refractivity contribution is 6.09. The molecule has 0 saturated heterocycles. The molecule has 2 aromatic rings. The van der Waals surface area contributed by atoms with Gasteiger partial charge in [0, 0.05) is 25.2 Å². The second-order valence-corrected chi connectivity index (χ2v) is 4.55. The van der Waals surface area contributed by atoms with Gasteiger partial charge in [0.25, 0.3) is 0 Å².